The highest BCUT2D eigenvalue weighted by Gasteiger charge is 2.10. The molecule has 0 amide bonds. The number of aliphatic hydroxyl groups excluding tert-OH is 1. The summed E-state index contributed by atoms with van der Waals surface area (Å²) in [6, 6.07) is 8.36. The number of phenols is 1. The lowest BCUT2D eigenvalue weighted by molar-refractivity contribution is 0.283. The molecule has 0 bridgehead atoms. The van der Waals surface area contributed by atoms with Crippen LogP contribution in [-0.4, -0.2) is 10.2 Å². The molecule has 2 aromatic carbocycles. The topological polar surface area (TPSA) is 69.9 Å². The zero-order valence-corrected chi connectivity index (χ0v) is 7.84. The highest BCUT2D eigenvalue weighted by Crippen LogP contribution is 2.37. The van der Waals surface area contributed by atoms with Crippen molar-refractivity contribution in [3.63, 3.8) is 0 Å². The summed E-state index contributed by atoms with van der Waals surface area (Å²) in [4.78, 5) is 10.6. The Morgan fingerprint density at radius 3 is 2.47 bits per heavy atom. The standard InChI is InChI=1S/C11H9NO3/c13-6-7-5-10(14)11(12-15)9-4-2-1-3-8(7)9/h1-5,13-14H,6H2. The molecule has 15 heavy (non-hydrogen) atoms. The number of rotatable bonds is 2. The number of nitroso groups, excluding NO2 is 1. The van der Waals surface area contributed by atoms with Crippen LogP contribution in [0.4, 0.5) is 5.69 Å². The predicted molar refractivity (Wildman–Crippen MR) is 57.0 cm³/mol. The van der Waals surface area contributed by atoms with Gasteiger partial charge in [0.15, 0.2) is 5.69 Å². The minimum atomic E-state index is -0.201. The van der Waals surface area contributed by atoms with Gasteiger partial charge in [-0.3, -0.25) is 0 Å². The second-order valence-corrected chi connectivity index (χ2v) is 3.20. The Labute approximate surface area is 85.8 Å². The van der Waals surface area contributed by atoms with Gasteiger partial charge < -0.3 is 10.2 Å². The van der Waals surface area contributed by atoms with Gasteiger partial charge in [0.1, 0.15) is 5.75 Å². The van der Waals surface area contributed by atoms with Crippen molar-refractivity contribution in [2.75, 3.05) is 0 Å². The lowest BCUT2D eigenvalue weighted by atomic mass is 10.0. The normalized spacial score (nSPS) is 10.5. The minimum Gasteiger partial charge on any atom is -0.506 e. The molecular weight excluding hydrogens is 194 g/mol. The fraction of sp³-hybridized carbons (Fsp3) is 0.0909. The first-order valence-corrected chi connectivity index (χ1v) is 4.45. The zero-order valence-electron chi connectivity index (χ0n) is 7.84. The summed E-state index contributed by atoms with van der Waals surface area (Å²) < 4.78 is 0. The van der Waals surface area contributed by atoms with Gasteiger partial charge in [0.05, 0.1) is 6.61 Å². The van der Waals surface area contributed by atoms with Crippen LogP contribution >= 0.6 is 0 Å². The molecule has 0 atom stereocenters. The summed E-state index contributed by atoms with van der Waals surface area (Å²) >= 11 is 0. The van der Waals surface area contributed by atoms with E-state index in [1.165, 1.54) is 6.07 Å². The lowest BCUT2D eigenvalue weighted by Crippen LogP contribution is -1.86. The van der Waals surface area contributed by atoms with E-state index in [0.29, 0.717) is 10.9 Å². The maximum atomic E-state index is 10.6. The Balaban J connectivity index is 2.92. The molecular formula is C11H9NO3. The van der Waals surface area contributed by atoms with Crippen molar-refractivity contribution in [1.29, 1.82) is 0 Å². The van der Waals surface area contributed by atoms with E-state index in [0.717, 1.165) is 5.39 Å². The number of benzene rings is 2. The van der Waals surface area contributed by atoms with Crippen LogP contribution < -0.4 is 0 Å². The first-order valence-electron chi connectivity index (χ1n) is 4.45. The van der Waals surface area contributed by atoms with Gasteiger partial charge in [-0.1, -0.05) is 24.3 Å². The smallest absolute Gasteiger partial charge is 0.157 e. The summed E-state index contributed by atoms with van der Waals surface area (Å²) in [6.45, 7) is -0.187. The highest BCUT2D eigenvalue weighted by molar-refractivity contribution is 5.97. The molecule has 0 saturated carbocycles. The summed E-state index contributed by atoms with van der Waals surface area (Å²) in [6.07, 6.45) is 0. The van der Waals surface area contributed by atoms with Gasteiger partial charge in [-0.05, 0) is 22.2 Å². The molecule has 0 unspecified atom stereocenters. The van der Waals surface area contributed by atoms with Gasteiger partial charge in [-0.2, -0.15) is 0 Å². The van der Waals surface area contributed by atoms with Crippen LogP contribution in [0.5, 0.6) is 5.75 Å². The van der Waals surface area contributed by atoms with Crippen molar-refractivity contribution < 1.29 is 10.2 Å². The van der Waals surface area contributed by atoms with E-state index in [2.05, 4.69) is 5.18 Å². The first kappa shape index (κ1) is 9.61. The second-order valence-electron chi connectivity index (χ2n) is 3.20. The molecule has 0 saturated heterocycles. The third kappa shape index (κ3) is 1.45. The zero-order chi connectivity index (χ0) is 10.8. The number of aromatic hydroxyl groups is 1. The molecule has 2 rings (SSSR count). The molecule has 0 radical (unpaired) electrons. The summed E-state index contributed by atoms with van der Waals surface area (Å²) in [5.74, 6) is -0.201. The molecule has 0 aliphatic rings. The SMILES string of the molecule is O=Nc1c(O)cc(CO)c2ccccc12. The van der Waals surface area contributed by atoms with Gasteiger partial charge in [-0.25, -0.2) is 0 Å². The number of phenolic OH excluding ortho intramolecular Hbond substituents is 1. The van der Waals surface area contributed by atoms with Gasteiger partial charge in [0, 0.05) is 5.39 Å². The molecule has 2 N–H and O–H groups in total. The van der Waals surface area contributed by atoms with Crippen LogP contribution in [0.25, 0.3) is 10.8 Å². The van der Waals surface area contributed by atoms with Crippen molar-refractivity contribution in [2.45, 2.75) is 6.61 Å². The fourth-order valence-electron chi connectivity index (χ4n) is 1.65. The van der Waals surface area contributed by atoms with E-state index >= 15 is 0 Å². The van der Waals surface area contributed by atoms with Gasteiger partial charge in [-0.15, -0.1) is 4.91 Å². The van der Waals surface area contributed by atoms with E-state index in [1.54, 1.807) is 24.3 Å². The molecule has 0 aromatic heterocycles. The Hall–Kier alpha value is -1.94. The second kappa shape index (κ2) is 3.67. The Kier molecular flexibility index (Phi) is 2.35. The van der Waals surface area contributed by atoms with Crippen molar-refractivity contribution in [3.05, 3.63) is 40.8 Å². The highest BCUT2D eigenvalue weighted by atomic mass is 16.3. The first-order chi connectivity index (χ1) is 7.27. The molecule has 0 aliphatic carbocycles. The molecule has 2 aromatic rings. The molecule has 4 nitrogen and oxygen atoms in total. The van der Waals surface area contributed by atoms with Crippen molar-refractivity contribution in [3.8, 4) is 5.75 Å². The maximum Gasteiger partial charge on any atom is 0.157 e. The largest absolute Gasteiger partial charge is 0.506 e. The molecule has 0 heterocycles. The molecule has 0 fully saturated rings. The third-order valence-electron chi connectivity index (χ3n) is 2.34. The minimum absolute atomic E-state index is 0.0165. The fourth-order valence-corrected chi connectivity index (χ4v) is 1.65. The summed E-state index contributed by atoms with van der Waals surface area (Å²) in [5, 5.41) is 22.7. The predicted octanol–water partition coefficient (Wildman–Crippen LogP) is 2.44. The molecule has 0 spiro atoms. The molecule has 0 aliphatic heterocycles. The van der Waals surface area contributed by atoms with Crippen LogP contribution in [0.1, 0.15) is 5.56 Å². The van der Waals surface area contributed by atoms with E-state index in [9.17, 15) is 10.0 Å². The maximum absolute atomic E-state index is 10.6. The molecule has 4 heteroatoms. The lowest BCUT2D eigenvalue weighted by Gasteiger charge is -2.06. The number of nitrogens with zero attached hydrogens (tertiary/aromatic N) is 1. The summed E-state index contributed by atoms with van der Waals surface area (Å²) in [5.41, 5.74) is 0.596. The average Bonchev–Trinajstić information content (AvgIpc) is 2.28. The van der Waals surface area contributed by atoms with E-state index in [-0.39, 0.29) is 18.0 Å². The third-order valence-corrected chi connectivity index (χ3v) is 2.34. The quantitative estimate of drug-likeness (QED) is 0.736. The Bertz CT molecular complexity index is 522. The van der Waals surface area contributed by atoms with Crippen LogP contribution in [-0.2, 0) is 6.61 Å². The number of aliphatic hydroxyl groups is 1. The number of hydrogen-bond donors (Lipinski definition) is 2. The van der Waals surface area contributed by atoms with Gasteiger partial charge in [0.25, 0.3) is 0 Å². The Morgan fingerprint density at radius 2 is 1.87 bits per heavy atom. The number of hydrogen-bond acceptors (Lipinski definition) is 4. The van der Waals surface area contributed by atoms with Crippen molar-refractivity contribution in [2.24, 2.45) is 5.18 Å². The van der Waals surface area contributed by atoms with Crippen molar-refractivity contribution in [1.82, 2.24) is 0 Å². The van der Waals surface area contributed by atoms with E-state index in [1.807, 2.05) is 0 Å². The van der Waals surface area contributed by atoms with Crippen LogP contribution in [0.2, 0.25) is 0 Å². The average molecular weight is 203 g/mol. The van der Waals surface area contributed by atoms with E-state index in [4.69, 9.17) is 5.11 Å². The van der Waals surface area contributed by atoms with Crippen LogP contribution in [0, 0.1) is 4.91 Å². The number of fused-ring (bicyclic) bond motifs is 1. The van der Waals surface area contributed by atoms with Crippen LogP contribution in [0.3, 0.4) is 0 Å². The monoisotopic (exact) mass is 203 g/mol. The van der Waals surface area contributed by atoms with E-state index < -0.39 is 0 Å². The van der Waals surface area contributed by atoms with Gasteiger partial charge >= 0.3 is 0 Å². The molecule has 76 valence electrons. The van der Waals surface area contributed by atoms with Crippen LogP contribution in [0.15, 0.2) is 35.5 Å². The van der Waals surface area contributed by atoms with Crippen molar-refractivity contribution >= 4 is 16.5 Å². The summed E-state index contributed by atoms with van der Waals surface area (Å²) in [7, 11) is 0. The Morgan fingerprint density at radius 1 is 1.20 bits per heavy atom. The van der Waals surface area contributed by atoms with Gasteiger partial charge in [0.2, 0.25) is 0 Å².